The molecule has 0 radical (unpaired) electrons. The van der Waals surface area contributed by atoms with Gasteiger partial charge in [0.2, 0.25) is 0 Å². The van der Waals surface area contributed by atoms with E-state index < -0.39 is 5.54 Å². The number of amides is 3. The van der Waals surface area contributed by atoms with E-state index in [0.717, 1.165) is 5.69 Å². The van der Waals surface area contributed by atoms with Crippen molar-refractivity contribution in [1.29, 1.82) is 0 Å². The third kappa shape index (κ3) is 2.10. The Morgan fingerprint density at radius 1 is 1.42 bits per heavy atom. The van der Waals surface area contributed by atoms with Crippen molar-refractivity contribution in [3.63, 3.8) is 0 Å². The number of halogens is 1. The highest BCUT2D eigenvalue weighted by molar-refractivity contribution is 6.30. The van der Waals surface area contributed by atoms with Crippen LogP contribution in [0.5, 0.6) is 0 Å². The normalized spacial score (nSPS) is 23.1. The first-order valence-electron chi connectivity index (χ1n) is 6.12. The lowest BCUT2D eigenvalue weighted by atomic mass is 9.99. The monoisotopic (exact) mass is 284 g/mol. The second kappa shape index (κ2) is 4.52. The average molecular weight is 285 g/mol. The largest absolute Gasteiger partial charge is 0.325 e. The van der Waals surface area contributed by atoms with E-state index in [0.29, 0.717) is 17.1 Å². The maximum Gasteiger partial charge on any atom is 0.325 e. The van der Waals surface area contributed by atoms with Gasteiger partial charge in [-0.1, -0.05) is 18.5 Å². The van der Waals surface area contributed by atoms with Gasteiger partial charge in [-0.2, -0.15) is 5.10 Å². The number of aromatic nitrogens is 2. The number of hydrogen-bond donors (Lipinski definition) is 1. The molecule has 1 saturated heterocycles. The minimum atomic E-state index is -0.820. The van der Waals surface area contributed by atoms with E-state index >= 15 is 0 Å². The molecule has 0 aliphatic carbocycles. The molecular formula is C12H17ClN4O2. The molecule has 19 heavy (non-hydrogen) atoms. The number of carbonyl (C=O) groups excluding carboxylic acids is 2. The van der Waals surface area contributed by atoms with Crippen molar-refractivity contribution in [1.82, 2.24) is 20.0 Å². The van der Waals surface area contributed by atoms with Crippen LogP contribution >= 0.6 is 11.6 Å². The van der Waals surface area contributed by atoms with Crippen molar-refractivity contribution in [3.05, 3.63) is 16.4 Å². The van der Waals surface area contributed by atoms with Crippen LogP contribution in [-0.4, -0.2) is 32.2 Å². The van der Waals surface area contributed by atoms with Gasteiger partial charge in [0.1, 0.15) is 10.7 Å². The molecule has 1 aromatic rings. The first kappa shape index (κ1) is 13.9. The van der Waals surface area contributed by atoms with Crippen molar-refractivity contribution in [2.45, 2.75) is 39.3 Å². The summed E-state index contributed by atoms with van der Waals surface area (Å²) in [5, 5.41) is 7.33. The number of rotatable bonds is 3. The molecule has 104 valence electrons. The lowest BCUT2D eigenvalue weighted by Crippen LogP contribution is -2.43. The molecule has 1 atom stereocenters. The van der Waals surface area contributed by atoms with Gasteiger partial charge in [0, 0.05) is 12.6 Å². The van der Waals surface area contributed by atoms with Crippen molar-refractivity contribution in [2.75, 3.05) is 0 Å². The SMILES string of the molecule is CCC1(C)NC(=O)N(Cc2c(C)nn(C)c2Cl)C1=O. The van der Waals surface area contributed by atoms with Crippen molar-refractivity contribution in [3.8, 4) is 0 Å². The molecule has 6 nitrogen and oxygen atoms in total. The highest BCUT2D eigenvalue weighted by atomic mass is 35.5. The molecule has 2 heterocycles. The first-order valence-corrected chi connectivity index (χ1v) is 6.50. The molecule has 1 aromatic heterocycles. The second-order valence-electron chi connectivity index (χ2n) is 4.99. The molecular weight excluding hydrogens is 268 g/mol. The van der Waals surface area contributed by atoms with Gasteiger partial charge in [-0.3, -0.25) is 14.4 Å². The summed E-state index contributed by atoms with van der Waals surface area (Å²) in [6.07, 6.45) is 0.549. The average Bonchev–Trinajstić information content (AvgIpc) is 2.71. The molecule has 1 fully saturated rings. The summed E-state index contributed by atoms with van der Waals surface area (Å²) < 4.78 is 1.53. The lowest BCUT2D eigenvalue weighted by Gasteiger charge is -2.19. The highest BCUT2D eigenvalue weighted by Crippen LogP contribution is 2.26. The molecule has 0 bridgehead atoms. The summed E-state index contributed by atoms with van der Waals surface area (Å²) in [6.45, 7) is 5.55. The zero-order valence-corrected chi connectivity index (χ0v) is 12.2. The Hall–Kier alpha value is -1.56. The summed E-state index contributed by atoms with van der Waals surface area (Å²) >= 11 is 6.12. The predicted molar refractivity (Wildman–Crippen MR) is 70.7 cm³/mol. The minimum Gasteiger partial charge on any atom is -0.323 e. The Kier molecular flexibility index (Phi) is 3.30. The number of nitrogens with one attached hydrogen (secondary N) is 1. The number of hydrogen-bond acceptors (Lipinski definition) is 3. The predicted octanol–water partition coefficient (Wildman–Crippen LogP) is 1.60. The topological polar surface area (TPSA) is 67.2 Å². The van der Waals surface area contributed by atoms with Crippen molar-refractivity contribution in [2.24, 2.45) is 7.05 Å². The van der Waals surface area contributed by atoms with Crippen molar-refractivity contribution >= 4 is 23.5 Å². The van der Waals surface area contributed by atoms with E-state index in [4.69, 9.17) is 11.6 Å². The Morgan fingerprint density at radius 2 is 2.05 bits per heavy atom. The molecule has 0 saturated carbocycles. The molecule has 0 aromatic carbocycles. The number of urea groups is 1. The van der Waals surface area contributed by atoms with Crippen LogP contribution < -0.4 is 5.32 Å². The van der Waals surface area contributed by atoms with Crippen LogP contribution in [0.1, 0.15) is 31.5 Å². The quantitative estimate of drug-likeness (QED) is 0.858. The molecule has 1 N–H and O–H groups in total. The zero-order chi connectivity index (χ0) is 14.4. The third-order valence-electron chi connectivity index (χ3n) is 3.64. The Balaban J connectivity index is 2.29. The summed E-state index contributed by atoms with van der Waals surface area (Å²) in [4.78, 5) is 25.4. The number of nitrogens with zero attached hydrogens (tertiary/aromatic N) is 3. The second-order valence-corrected chi connectivity index (χ2v) is 5.34. The highest BCUT2D eigenvalue weighted by Gasteiger charge is 2.46. The van der Waals surface area contributed by atoms with E-state index in [1.54, 1.807) is 20.9 Å². The smallest absolute Gasteiger partial charge is 0.323 e. The third-order valence-corrected chi connectivity index (χ3v) is 4.11. The minimum absolute atomic E-state index is 0.152. The Bertz CT molecular complexity index is 554. The molecule has 1 aliphatic rings. The zero-order valence-electron chi connectivity index (χ0n) is 11.5. The maximum absolute atomic E-state index is 12.3. The summed E-state index contributed by atoms with van der Waals surface area (Å²) in [5.74, 6) is -0.223. The fourth-order valence-corrected chi connectivity index (χ4v) is 2.38. The fraction of sp³-hybridized carbons (Fsp3) is 0.583. The summed E-state index contributed by atoms with van der Waals surface area (Å²) in [5.41, 5.74) is 0.603. The molecule has 1 unspecified atom stereocenters. The van der Waals surface area contributed by atoms with Crippen LogP contribution in [0.3, 0.4) is 0 Å². The Labute approximate surface area is 116 Å². The van der Waals surface area contributed by atoms with Gasteiger partial charge >= 0.3 is 6.03 Å². The number of carbonyl (C=O) groups is 2. The van der Waals surface area contributed by atoms with Gasteiger partial charge in [-0.25, -0.2) is 4.79 Å². The van der Waals surface area contributed by atoms with Gasteiger partial charge in [0.15, 0.2) is 0 Å². The van der Waals surface area contributed by atoms with E-state index in [1.807, 2.05) is 6.92 Å². The van der Waals surface area contributed by atoms with Gasteiger partial charge in [0.05, 0.1) is 12.2 Å². The van der Waals surface area contributed by atoms with Gasteiger partial charge in [-0.05, 0) is 20.3 Å². The molecule has 1 aliphatic heterocycles. The number of aryl methyl sites for hydroxylation is 2. The lowest BCUT2D eigenvalue weighted by molar-refractivity contribution is -0.131. The van der Waals surface area contributed by atoms with Crippen LogP contribution in [0.25, 0.3) is 0 Å². The molecule has 7 heteroatoms. The van der Waals surface area contributed by atoms with Crippen LogP contribution in [0.15, 0.2) is 0 Å². The van der Waals surface area contributed by atoms with Gasteiger partial charge < -0.3 is 5.32 Å². The maximum atomic E-state index is 12.3. The number of imide groups is 1. The van der Waals surface area contributed by atoms with E-state index in [1.165, 1.54) is 9.58 Å². The van der Waals surface area contributed by atoms with Gasteiger partial charge in [-0.15, -0.1) is 0 Å². The van der Waals surface area contributed by atoms with E-state index in [2.05, 4.69) is 10.4 Å². The molecule has 3 amide bonds. The standard InChI is InChI=1S/C12H17ClN4O2/c1-5-12(3)10(18)17(11(19)14-12)6-8-7(2)15-16(4)9(8)13/h5-6H2,1-4H3,(H,14,19). The summed E-state index contributed by atoms with van der Waals surface area (Å²) in [6, 6.07) is -0.381. The van der Waals surface area contributed by atoms with E-state index in [9.17, 15) is 9.59 Å². The van der Waals surface area contributed by atoms with Crippen LogP contribution in [0.4, 0.5) is 4.79 Å². The molecule has 0 spiro atoms. The van der Waals surface area contributed by atoms with Gasteiger partial charge in [0.25, 0.3) is 5.91 Å². The van der Waals surface area contributed by atoms with Crippen LogP contribution in [0.2, 0.25) is 5.15 Å². The van der Waals surface area contributed by atoms with E-state index in [-0.39, 0.29) is 18.5 Å². The fourth-order valence-electron chi connectivity index (χ4n) is 2.14. The van der Waals surface area contributed by atoms with Crippen molar-refractivity contribution < 1.29 is 9.59 Å². The van der Waals surface area contributed by atoms with Crippen LogP contribution in [0, 0.1) is 6.92 Å². The molecule has 2 rings (SSSR count). The summed E-state index contributed by atoms with van der Waals surface area (Å²) in [7, 11) is 1.72. The van der Waals surface area contributed by atoms with Crippen LogP contribution in [-0.2, 0) is 18.4 Å². The Morgan fingerprint density at radius 3 is 2.47 bits per heavy atom. The first-order chi connectivity index (χ1) is 8.80.